The fourth-order valence-corrected chi connectivity index (χ4v) is 2.57. The van der Waals surface area contributed by atoms with E-state index < -0.39 is 6.61 Å². The molecule has 0 saturated heterocycles. The minimum Gasteiger partial charge on any atom is -0.435 e. The van der Waals surface area contributed by atoms with E-state index in [2.05, 4.69) is 17.0 Å². The summed E-state index contributed by atoms with van der Waals surface area (Å²) < 4.78 is 28.3. The van der Waals surface area contributed by atoms with Gasteiger partial charge in [0.1, 0.15) is 5.75 Å². The van der Waals surface area contributed by atoms with Gasteiger partial charge in [-0.25, -0.2) is 0 Å². The van der Waals surface area contributed by atoms with Gasteiger partial charge in [-0.2, -0.15) is 8.78 Å². The predicted octanol–water partition coefficient (Wildman–Crippen LogP) is 3.60. The van der Waals surface area contributed by atoms with Gasteiger partial charge in [0.15, 0.2) is 0 Å². The first-order chi connectivity index (χ1) is 9.56. The lowest BCUT2D eigenvalue weighted by atomic mass is 9.86. The first-order valence-electron chi connectivity index (χ1n) is 6.92. The number of amides is 1. The van der Waals surface area contributed by atoms with E-state index in [4.69, 9.17) is 0 Å². The molecular weight excluding hydrogens is 264 g/mol. The summed E-state index contributed by atoms with van der Waals surface area (Å²) >= 11 is 0. The minimum atomic E-state index is -2.85. The number of halogens is 2. The Morgan fingerprint density at radius 2 is 1.90 bits per heavy atom. The second kappa shape index (κ2) is 6.68. The Kier molecular flexibility index (Phi) is 4.93. The molecule has 1 fully saturated rings. The number of nitrogens with one attached hydrogen (secondary N) is 1. The molecule has 1 aromatic rings. The lowest BCUT2D eigenvalue weighted by Gasteiger charge is -2.29. The Balaban J connectivity index is 1.95. The van der Waals surface area contributed by atoms with E-state index in [1.165, 1.54) is 30.7 Å². The van der Waals surface area contributed by atoms with Crippen LogP contribution in [-0.4, -0.2) is 18.6 Å². The largest absolute Gasteiger partial charge is 0.435 e. The molecule has 1 aliphatic carbocycles. The van der Waals surface area contributed by atoms with Crippen LogP contribution in [0, 0.1) is 5.92 Å². The molecule has 0 heterocycles. The third-order valence-electron chi connectivity index (χ3n) is 3.77. The van der Waals surface area contributed by atoms with E-state index in [-0.39, 0.29) is 17.7 Å². The average molecular weight is 283 g/mol. The Morgan fingerprint density at radius 1 is 1.25 bits per heavy atom. The van der Waals surface area contributed by atoms with E-state index >= 15 is 0 Å². The van der Waals surface area contributed by atoms with Crippen LogP contribution in [0.5, 0.6) is 5.75 Å². The predicted molar refractivity (Wildman–Crippen MR) is 72.0 cm³/mol. The van der Waals surface area contributed by atoms with Gasteiger partial charge in [-0.1, -0.05) is 19.8 Å². The number of hydrogen-bond donors (Lipinski definition) is 1. The normalized spacial score (nSPS) is 22.6. The number of carbonyl (C=O) groups is 1. The number of benzene rings is 1. The molecule has 0 radical (unpaired) electrons. The van der Waals surface area contributed by atoms with Gasteiger partial charge in [-0.3, -0.25) is 4.79 Å². The van der Waals surface area contributed by atoms with Crippen molar-refractivity contribution >= 4 is 5.91 Å². The van der Waals surface area contributed by atoms with Gasteiger partial charge in [-0.15, -0.1) is 0 Å². The summed E-state index contributed by atoms with van der Waals surface area (Å²) in [6.45, 7) is -0.707. The Labute approximate surface area is 117 Å². The summed E-state index contributed by atoms with van der Waals surface area (Å²) in [7, 11) is 0. The third-order valence-corrected chi connectivity index (χ3v) is 3.77. The van der Waals surface area contributed by atoms with Crippen molar-refractivity contribution in [1.29, 1.82) is 0 Å². The molecule has 3 nitrogen and oxygen atoms in total. The number of hydrogen-bond acceptors (Lipinski definition) is 2. The molecule has 110 valence electrons. The number of carbonyl (C=O) groups excluding carboxylic acids is 1. The molecule has 1 aliphatic rings. The van der Waals surface area contributed by atoms with Gasteiger partial charge in [0.2, 0.25) is 0 Å². The van der Waals surface area contributed by atoms with Gasteiger partial charge in [0.05, 0.1) is 0 Å². The highest BCUT2D eigenvalue weighted by molar-refractivity contribution is 5.94. The SMILES string of the molecule is CC1CCCCC1NC(=O)c1ccc(OC(F)F)cc1. The van der Waals surface area contributed by atoms with Crippen molar-refractivity contribution in [3.8, 4) is 5.75 Å². The molecule has 20 heavy (non-hydrogen) atoms. The maximum Gasteiger partial charge on any atom is 0.387 e. The van der Waals surface area contributed by atoms with Gasteiger partial charge in [0, 0.05) is 11.6 Å². The van der Waals surface area contributed by atoms with Gasteiger partial charge >= 0.3 is 6.61 Å². The van der Waals surface area contributed by atoms with Crippen LogP contribution in [0.15, 0.2) is 24.3 Å². The summed E-state index contributed by atoms with van der Waals surface area (Å²) in [5, 5.41) is 3.02. The molecule has 2 rings (SSSR count). The van der Waals surface area contributed by atoms with Gasteiger partial charge in [0.25, 0.3) is 5.91 Å². The van der Waals surface area contributed by atoms with E-state index in [1.54, 1.807) is 0 Å². The van der Waals surface area contributed by atoms with Crippen LogP contribution in [0.4, 0.5) is 8.78 Å². The molecule has 5 heteroatoms. The van der Waals surface area contributed by atoms with Crippen molar-refractivity contribution in [3.63, 3.8) is 0 Å². The summed E-state index contributed by atoms with van der Waals surface area (Å²) in [6.07, 6.45) is 4.48. The maximum atomic E-state index is 12.1. The van der Waals surface area contributed by atoms with Crippen LogP contribution in [0.25, 0.3) is 0 Å². The minimum absolute atomic E-state index is 0.0579. The summed E-state index contributed by atoms with van der Waals surface area (Å²) in [4.78, 5) is 12.1. The lowest BCUT2D eigenvalue weighted by Crippen LogP contribution is -2.41. The molecule has 2 atom stereocenters. The molecule has 0 bridgehead atoms. The molecule has 0 aliphatic heterocycles. The van der Waals surface area contributed by atoms with Crippen molar-refractivity contribution in [2.45, 2.75) is 45.3 Å². The van der Waals surface area contributed by atoms with Crippen LogP contribution in [-0.2, 0) is 0 Å². The van der Waals surface area contributed by atoms with Crippen LogP contribution in [0.2, 0.25) is 0 Å². The van der Waals surface area contributed by atoms with Crippen LogP contribution < -0.4 is 10.1 Å². The van der Waals surface area contributed by atoms with Crippen molar-refractivity contribution in [1.82, 2.24) is 5.32 Å². The van der Waals surface area contributed by atoms with Crippen LogP contribution in [0.3, 0.4) is 0 Å². The average Bonchev–Trinajstić information content (AvgIpc) is 2.41. The van der Waals surface area contributed by atoms with Crippen molar-refractivity contribution in [2.24, 2.45) is 5.92 Å². The smallest absolute Gasteiger partial charge is 0.387 e. The van der Waals surface area contributed by atoms with E-state index in [0.717, 1.165) is 19.3 Å². The molecule has 1 amide bonds. The summed E-state index contributed by atoms with van der Waals surface area (Å²) in [6, 6.07) is 5.96. The number of alkyl halides is 2. The second-order valence-corrected chi connectivity index (χ2v) is 5.24. The van der Waals surface area contributed by atoms with E-state index in [9.17, 15) is 13.6 Å². The number of ether oxygens (including phenoxy) is 1. The highest BCUT2D eigenvalue weighted by Gasteiger charge is 2.23. The molecule has 0 spiro atoms. The first kappa shape index (κ1) is 14.8. The first-order valence-corrected chi connectivity index (χ1v) is 6.92. The molecule has 1 N–H and O–H groups in total. The van der Waals surface area contributed by atoms with Gasteiger partial charge in [-0.05, 0) is 43.0 Å². The zero-order chi connectivity index (χ0) is 14.5. The topological polar surface area (TPSA) is 38.3 Å². The fraction of sp³-hybridized carbons (Fsp3) is 0.533. The molecule has 1 saturated carbocycles. The second-order valence-electron chi connectivity index (χ2n) is 5.24. The molecular formula is C15H19F2NO2. The maximum absolute atomic E-state index is 12.1. The van der Waals surface area contributed by atoms with Crippen LogP contribution in [0.1, 0.15) is 43.0 Å². The molecule has 2 unspecified atom stereocenters. The zero-order valence-corrected chi connectivity index (χ0v) is 11.4. The van der Waals surface area contributed by atoms with Gasteiger partial charge < -0.3 is 10.1 Å². The lowest BCUT2D eigenvalue weighted by molar-refractivity contribution is -0.0498. The van der Waals surface area contributed by atoms with Crippen molar-refractivity contribution < 1.29 is 18.3 Å². The summed E-state index contributed by atoms with van der Waals surface area (Å²) in [5.74, 6) is 0.379. The Morgan fingerprint density at radius 3 is 2.50 bits per heavy atom. The Bertz CT molecular complexity index is 448. The molecule has 0 aromatic heterocycles. The van der Waals surface area contributed by atoms with E-state index in [0.29, 0.717) is 11.5 Å². The monoisotopic (exact) mass is 283 g/mol. The molecule has 1 aromatic carbocycles. The number of rotatable bonds is 4. The summed E-state index contributed by atoms with van der Waals surface area (Å²) in [5.41, 5.74) is 0.462. The Hall–Kier alpha value is -1.65. The standard InChI is InChI=1S/C15H19F2NO2/c1-10-4-2-3-5-13(10)18-14(19)11-6-8-12(9-7-11)20-15(16)17/h6-10,13,15H,2-5H2,1H3,(H,18,19). The highest BCUT2D eigenvalue weighted by atomic mass is 19.3. The van der Waals surface area contributed by atoms with Crippen molar-refractivity contribution in [3.05, 3.63) is 29.8 Å². The van der Waals surface area contributed by atoms with Crippen molar-refractivity contribution in [2.75, 3.05) is 0 Å². The third kappa shape index (κ3) is 3.92. The fourth-order valence-electron chi connectivity index (χ4n) is 2.57. The quantitative estimate of drug-likeness (QED) is 0.917. The van der Waals surface area contributed by atoms with Crippen LogP contribution >= 0.6 is 0 Å². The van der Waals surface area contributed by atoms with E-state index in [1.807, 2.05) is 0 Å². The highest BCUT2D eigenvalue weighted by Crippen LogP contribution is 2.24. The zero-order valence-electron chi connectivity index (χ0n) is 11.4.